The second kappa shape index (κ2) is 6.98. The molecular formula is C17H16ClN3OS. The lowest BCUT2D eigenvalue weighted by atomic mass is 10.2. The number of hydrogen-bond donors (Lipinski definition) is 2. The van der Waals surface area contributed by atoms with Crippen molar-refractivity contribution in [1.29, 1.82) is 0 Å². The quantitative estimate of drug-likeness (QED) is 0.720. The maximum Gasteiger partial charge on any atom is 0.319 e. The molecule has 2 aromatic carbocycles. The van der Waals surface area contributed by atoms with Gasteiger partial charge in [-0.25, -0.2) is 9.78 Å². The van der Waals surface area contributed by atoms with Crippen molar-refractivity contribution in [3.05, 3.63) is 58.6 Å². The van der Waals surface area contributed by atoms with E-state index >= 15 is 0 Å². The molecule has 0 bridgehead atoms. The van der Waals surface area contributed by atoms with Crippen molar-refractivity contribution < 1.29 is 4.79 Å². The number of para-hydroxylation sites is 2. The number of halogens is 1. The fourth-order valence-corrected chi connectivity index (χ4v) is 3.54. The molecule has 3 rings (SSSR count). The van der Waals surface area contributed by atoms with E-state index in [9.17, 15) is 4.79 Å². The zero-order chi connectivity index (χ0) is 16.2. The smallest absolute Gasteiger partial charge is 0.319 e. The summed E-state index contributed by atoms with van der Waals surface area (Å²) in [5, 5.41) is 7.19. The molecule has 1 atom stereocenters. The van der Waals surface area contributed by atoms with Gasteiger partial charge in [-0.1, -0.05) is 35.9 Å². The van der Waals surface area contributed by atoms with Gasteiger partial charge in [0.25, 0.3) is 0 Å². The Kier molecular flexibility index (Phi) is 4.79. The highest BCUT2D eigenvalue weighted by Gasteiger charge is 2.12. The zero-order valence-corrected chi connectivity index (χ0v) is 14.1. The molecule has 0 unspecified atom stereocenters. The summed E-state index contributed by atoms with van der Waals surface area (Å²) < 4.78 is 1.16. The monoisotopic (exact) mass is 345 g/mol. The number of nitrogens with zero attached hydrogens (tertiary/aromatic N) is 1. The molecule has 1 aromatic heterocycles. The number of rotatable bonds is 4. The Hall–Kier alpha value is -2.11. The molecule has 0 saturated carbocycles. The van der Waals surface area contributed by atoms with Crippen LogP contribution in [0.4, 0.5) is 10.5 Å². The number of amides is 2. The van der Waals surface area contributed by atoms with Gasteiger partial charge in [-0.05, 0) is 31.2 Å². The summed E-state index contributed by atoms with van der Waals surface area (Å²) in [5.41, 5.74) is 1.60. The lowest BCUT2D eigenvalue weighted by Crippen LogP contribution is -2.37. The molecular weight excluding hydrogens is 330 g/mol. The molecule has 0 radical (unpaired) electrons. The predicted molar refractivity (Wildman–Crippen MR) is 96.4 cm³/mol. The van der Waals surface area contributed by atoms with Crippen LogP contribution in [0, 0.1) is 0 Å². The summed E-state index contributed by atoms with van der Waals surface area (Å²) >= 11 is 7.68. The van der Waals surface area contributed by atoms with Crippen LogP contribution in [-0.2, 0) is 6.42 Å². The molecule has 0 aliphatic rings. The lowest BCUT2D eigenvalue weighted by Gasteiger charge is -2.14. The van der Waals surface area contributed by atoms with Crippen LogP contribution in [0.1, 0.15) is 11.9 Å². The molecule has 118 valence electrons. The summed E-state index contributed by atoms with van der Waals surface area (Å²) in [5.74, 6) is 0. The molecule has 0 aliphatic heterocycles. The molecule has 0 fully saturated rings. The lowest BCUT2D eigenvalue weighted by molar-refractivity contribution is 0.249. The van der Waals surface area contributed by atoms with E-state index in [0.29, 0.717) is 17.1 Å². The first-order chi connectivity index (χ1) is 11.1. The van der Waals surface area contributed by atoms with Crippen LogP contribution in [0.15, 0.2) is 48.5 Å². The van der Waals surface area contributed by atoms with Crippen LogP contribution in [0.25, 0.3) is 10.2 Å². The van der Waals surface area contributed by atoms with E-state index in [1.807, 2.05) is 37.3 Å². The SMILES string of the molecule is C[C@@H](Cc1nc2ccccc2s1)NC(=O)Nc1ccccc1Cl. The van der Waals surface area contributed by atoms with Gasteiger partial charge >= 0.3 is 6.03 Å². The average Bonchev–Trinajstić information content (AvgIpc) is 2.91. The number of urea groups is 1. The Morgan fingerprint density at radius 2 is 1.96 bits per heavy atom. The van der Waals surface area contributed by atoms with E-state index in [2.05, 4.69) is 21.7 Å². The summed E-state index contributed by atoms with van der Waals surface area (Å²) in [4.78, 5) is 16.6. The summed E-state index contributed by atoms with van der Waals surface area (Å²) in [7, 11) is 0. The Labute approximate surface area is 143 Å². The standard InChI is InChI=1S/C17H16ClN3OS/c1-11(10-16-20-14-8-4-5-9-15(14)23-16)19-17(22)21-13-7-3-2-6-12(13)18/h2-9,11H,10H2,1H3,(H2,19,21,22)/t11-/m0/s1. The number of fused-ring (bicyclic) bond motifs is 1. The van der Waals surface area contributed by atoms with Crippen molar-refractivity contribution in [3.8, 4) is 0 Å². The van der Waals surface area contributed by atoms with Gasteiger partial charge in [0.15, 0.2) is 0 Å². The predicted octanol–water partition coefficient (Wildman–Crippen LogP) is 4.70. The Bertz CT molecular complexity index is 800. The second-order valence-corrected chi connectivity index (χ2v) is 6.78. The fourth-order valence-electron chi connectivity index (χ4n) is 2.26. The molecule has 3 aromatic rings. The summed E-state index contributed by atoms with van der Waals surface area (Å²) in [6.07, 6.45) is 0.690. The number of carbonyl (C=O) groups excluding carboxylic acids is 1. The van der Waals surface area contributed by atoms with Gasteiger partial charge in [-0.2, -0.15) is 0 Å². The minimum Gasteiger partial charge on any atom is -0.335 e. The van der Waals surface area contributed by atoms with Gasteiger partial charge < -0.3 is 10.6 Å². The molecule has 2 amide bonds. The average molecular weight is 346 g/mol. The fraction of sp³-hybridized carbons (Fsp3) is 0.176. The zero-order valence-electron chi connectivity index (χ0n) is 12.5. The number of benzene rings is 2. The van der Waals surface area contributed by atoms with Crippen LogP contribution in [-0.4, -0.2) is 17.1 Å². The van der Waals surface area contributed by atoms with Gasteiger partial charge in [-0.15, -0.1) is 11.3 Å². The minimum atomic E-state index is -0.272. The molecule has 2 N–H and O–H groups in total. The number of hydrogen-bond acceptors (Lipinski definition) is 3. The van der Waals surface area contributed by atoms with Crippen LogP contribution < -0.4 is 10.6 Å². The largest absolute Gasteiger partial charge is 0.335 e. The molecule has 4 nitrogen and oxygen atoms in total. The minimum absolute atomic E-state index is 0.0296. The Morgan fingerprint density at radius 3 is 2.74 bits per heavy atom. The van der Waals surface area contributed by atoms with E-state index in [-0.39, 0.29) is 12.1 Å². The van der Waals surface area contributed by atoms with E-state index in [1.165, 1.54) is 0 Å². The maximum absolute atomic E-state index is 12.0. The van der Waals surface area contributed by atoms with Gasteiger partial charge in [-0.3, -0.25) is 0 Å². The third-order valence-corrected chi connectivity index (χ3v) is 4.71. The highest BCUT2D eigenvalue weighted by Crippen LogP contribution is 2.23. The highest BCUT2D eigenvalue weighted by molar-refractivity contribution is 7.18. The van der Waals surface area contributed by atoms with Crippen LogP contribution in [0.2, 0.25) is 5.02 Å². The van der Waals surface area contributed by atoms with Crippen molar-refractivity contribution in [3.63, 3.8) is 0 Å². The molecule has 23 heavy (non-hydrogen) atoms. The first-order valence-electron chi connectivity index (χ1n) is 7.28. The van der Waals surface area contributed by atoms with Gasteiger partial charge in [0, 0.05) is 12.5 Å². The van der Waals surface area contributed by atoms with Gasteiger partial charge in [0.05, 0.1) is 25.9 Å². The van der Waals surface area contributed by atoms with E-state index in [4.69, 9.17) is 11.6 Å². The highest BCUT2D eigenvalue weighted by atomic mass is 35.5. The normalized spacial score (nSPS) is 12.1. The number of carbonyl (C=O) groups is 1. The van der Waals surface area contributed by atoms with Crippen molar-refractivity contribution in [2.24, 2.45) is 0 Å². The molecule has 0 aliphatic carbocycles. The van der Waals surface area contributed by atoms with Gasteiger partial charge in [0.2, 0.25) is 0 Å². The third kappa shape index (κ3) is 4.00. The number of nitrogens with one attached hydrogen (secondary N) is 2. The van der Waals surface area contributed by atoms with Crippen LogP contribution in [0.5, 0.6) is 0 Å². The summed E-state index contributed by atoms with van der Waals surface area (Å²) in [6, 6.07) is 14.9. The third-order valence-electron chi connectivity index (χ3n) is 3.32. The van der Waals surface area contributed by atoms with Crippen molar-refractivity contribution in [2.45, 2.75) is 19.4 Å². The van der Waals surface area contributed by atoms with Crippen molar-refractivity contribution in [2.75, 3.05) is 5.32 Å². The van der Waals surface area contributed by atoms with Gasteiger partial charge in [0.1, 0.15) is 0 Å². The van der Waals surface area contributed by atoms with Crippen LogP contribution >= 0.6 is 22.9 Å². The van der Waals surface area contributed by atoms with Crippen molar-refractivity contribution >= 4 is 44.9 Å². The number of aromatic nitrogens is 1. The second-order valence-electron chi connectivity index (χ2n) is 5.26. The topological polar surface area (TPSA) is 54.0 Å². The van der Waals surface area contributed by atoms with Crippen molar-refractivity contribution in [1.82, 2.24) is 10.3 Å². The molecule has 6 heteroatoms. The molecule has 0 saturated heterocycles. The first kappa shape index (κ1) is 15.8. The van der Waals surface area contributed by atoms with E-state index < -0.39 is 0 Å². The summed E-state index contributed by atoms with van der Waals surface area (Å²) in [6.45, 7) is 1.96. The maximum atomic E-state index is 12.0. The van der Waals surface area contributed by atoms with E-state index in [0.717, 1.165) is 15.2 Å². The van der Waals surface area contributed by atoms with E-state index in [1.54, 1.807) is 23.5 Å². The molecule has 1 heterocycles. The Balaban J connectivity index is 1.59. The number of anilines is 1. The molecule has 0 spiro atoms. The first-order valence-corrected chi connectivity index (χ1v) is 8.48. The Morgan fingerprint density at radius 1 is 1.22 bits per heavy atom. The van der Waals surface area contributed by atoms with Crippen LogP contribution in [0.3, 0.4) is 0 Å². The number of thiazole rings is 1.